The van der Waals surface area contributed by atoms with Crippen molar-refractivity contribution >= 4 is 17.1 Å². The third-order valence-electron chi connectivity index (χ3n) is 3.79. The molecule has 1 amide bonds. The Morgan fingerprint density at radius 1 is 1.39 bits per heavy atom. The first-order valence-electron chi connectivity index (χ1n) is 7.99. The van der Waals surface area contributed by atoms with Gasteiger partial charge in [0, 0.05) is 6.54 Å². The molecule has 3 rings (SSSR count). The van der Waals surface area contributed by atoms with E-state index in [1.807, 2.05) is 45.0 Å². The number of para-hydroxylation sites is 2. The van der Waals surface area contributed by atoms with Crippen molar-refractivity contribution in [3.8, 4) is 6.01 Å². The number of nitrogens with one attached hydrogen (secondary N) is 1. The van der Waals surface area contributed by atoms with Crippen molar-refractivity contribution in [2.75, 3.05) is 13.2 Å². The summed E-state index contributed by atoms with van der Waals surface area (Å²) < 4.78 is 11.2. The summed E-state index contributed by atoms with van der Waals surface area (Å²) in [6.45, 7) is 6.75. The number of aromatic nitrogens is 2. The molecule has 1 unspecified atom stereocenters. The third-order valence-corrected chi connectivity index (χ3v) is 3.79. The maximum absolute atomic E-state index is 12.2. The highest BCUT2D eigenvalue weighted by Gasteiger charge is 2.32. The minimum Gasteiger partial charge on any atom is -0.463 e. The monoisotopic (exact) mass is 317 g/mol. The molecule has 1 aromatic heterocycles. The van der Waals surface area contributed by atoms with Gasteiger partial charge < -0.3 is 19.4 Å². The Hall–Kier alpha value is -2.24. The second-order valence-electron chi connectivity index (χ2n) is 6.84. The fourth-order valence-corrected chi connectivity index (χ4v) is 2.74. The number of imidazole rings is 1. The van der Waals surface area contributed by atoms with Crippen LogP contribution >= 0.6 is 0 Å². The lowest BCUT2D eigenvalue weighted by Crippen LogP contribution is -2.42. The van der Waals surface area contributed by atoms with Crippen molar-refractivity contribution < 1.29 is 14.3 Å². The highest BCUT2D eigenvalue weighted by molar-refractivity contribution is 5.75. The average Bonchev–Trinajstić information content (AvgIpc) is 3.09. The molecule has 0 bridgehead atoms. The van der Waals surface area contributed by atoms with E-state index in [1.54, 1.807) is 4.90 Å². The summed E-state index contributed by atoms with van der Waals surface area (Å²) in [6.07, 6.45) is 1.61. The number of rotatable bonds is 3. The van der Waals surface area contributed by atoms with Crippen LogP contribution in [-0.2, 0) is 4.74 Å². The number of ether oxygens (including phenoxy) is 2. The van der Waals surface area contributed by atoms with Gasteiger partial charge in [-0.15, -0.1) is 0 Å². The van der Waals surface area contributed by atoms with Gasteiger partial charge in [-0.25, -0.2) is 4.79 Å². The molecule has 1 N–H and O–H groups in total. The molecule has 2 heterocycles. The van der Waals surface area contributed by atoms with Gasteiger partial charge in [0.2, 0.25) is 0 Å². The van der Waals surface area contributed by atoms with E-state index in [9.17, 15) is 4.79 Å². The lowest BCUT2D eigenvalue weighted by Gasteiger charge is -2.28. The number of amides is 1. The molecule has 23 heavy (non-hydrogen) atoms. The highest BCUT2D eigenvalue weighted by atomic mass is 16.6. The Morgan fingerprint density at radius 3 is 2.91 bits per heavy atom. The lowest BCUT2D eigenvalue weighted by atomic mass is 10.2. The van der Waals surface area contributed by atoms with E-state index in [0.717, 1.165) is 23.9 Å². The number of hydrogen-bond acceptors (Lipinski definition) is 4. The smallest absolute Gasteiger partial charge is 0.410 e. The molecule has 1 saturated heterocycles. The summed E-state index contributed by atoms with van der Waals surface area (Å²) >= 11 is 0. The van der Waals surface area contributed by atoms with Gasteiger partial charge >= 0.3 is 6.09 Å². The Bertz CT molecular complexity index is 657. The van der Waals surface area contributed by atoms with Crippen molar-refractivity contribution in [2.24, 2.45) is 0 Å². The van der Waals surface area contributed by atoms with Gasteiger partial charge in [0.25, 0.3) is 6.01 Å². The molecular formula is C17H23N3O3. The Balaban J connectivity index is 1.61. The standard InChI is InChI=1S/C17H23N3O3/c1-17(2,3)23-16(21)20-10-6-7-12(20)11-22-15-18-13-8-4-5-9-14(13)19-15/h4-5,8-9,12H,6-7,10-11H2,1-3H3,(H,18,19). The average molecular weight is 317 g/mol. The normalized spacial score (nSPS) is 18.4. The molecule has 6 nitrogen and oxygen atoms in total. The summed E-state index contributed by atoms with van der Waals surface area (Å²) in [5, 5.41) is 0. The van der Waals surface area contributed by atoms with Crippen molar-refractivity contribution in [3.05, 3.63) is 24.3 Å². The second kappa shape index (κ2) is 6.10. The summed E-state index contributed by atoms with van der Waals surface area (Å²) in [7, 11) is 0. The zero-order valence-corrected chi connectivity index (χ0v) is 13.8. The van der Waals surface area contributed by atoms with Crippen LogP contribution in [0.25, 0.3) is 11.0 Å². The molecule has 0 radical (unpaired) electrons. The summed E-state index contributed by atoms with van der Waals surface area (Å²) in [5.74, 6) is 0. The van der Waals surface area contributed by atoms with Crippen molar-refractivity contribution in [3.63, 3.8) is 0 Å². The first-order valence-corrected chi connectivity index (χ1v) is 7.99. The van der Waals surface area contributed by atoms with Crippen LogP contribution in [0, 0.1) is 0 Å². The van der Waals surface area contributed by atoms with Crippen LogP contribution in [0.1, 0.15) is 33.6 Å². The Kier molecular flexibility index (Phi) is 4.15. The molecule has 1 aliphatic heterocycles. The van der Waals surface area contributed by atoms with Crippen molar-refractivity contribution in [1.29, 1.82) is 0 Å². The van der Waals surface area contributed by atoms with Gasteiger partial charge in [-0.1, -0.05) is 12.1 Å². The molecule has 1 aliphatic rings. The number of benzene rings is 1. The number of fused-ring (bicyclic) bond motifs is 1. The van der Waals surface area contributed by atoms with Crippen LogP contribution in [0.2, 0.25) is 0 Å². The Morgan fingerprint density at radius 2 is 2.17 bits per heavy atom. The number of carbonyl (C=O) groups excluding carboxylic acids is 1. The first kappa shape index (κ1) is 15.6. The molecule has 0 aliphatic carbocycles. The molecule has 1 atom stereocenters. The topological polar surface area (TPSA) is 67.4 Å². The van der Waals surface area contributed by atoms with Gasteiger partial charge in [0.15, 0.2) is 0 Å². The molecule has 124 valence electrons. The maximum Gasteiger partial charge on any atom is 0.410 e. The largest absolute Gasteiger partial charge is 0.463 e. The van der Waals surface area contributed by atoms with Gasteiger partial charge in [-0.05, 0) is 45.7 Å². The summed E-state index contributed by atoms with van der Waals surface area (Å²) in [4.78, 5) is 21.5. The Labute approximate surface area is 135 Å². The van der Waals surface area contributed by atoms with Crippen molar-refractivity contribution in [1.82, 2.24) is 14.9 Å². The summed E-state index contributed by atoms with van der Waals surface area (Å²) in [5.41, 5.74) is 1.33. The highest BCUT2D eigenvalue weighted by Crippen LogP contribution is 2.22. The van der Waals surface area contributed by atoms with E-state index in [4.69, 9.17) is 9.47 Å². The molecule has 0 saturated carbocycles. The van der Waals surface area contributed by atoms with E-state index < -0.39 is 5.60 Å². The maximum atomic E-state index is 12.2. The fraction of sp³-hybridized carbons (Fsp3) is 0.529. The number of nitrogens with zero attached hydrogens (tertiary/aromatic N) is 2. The van der Waals surface area contributed by atoms with Crippen molar-refractivity contribution in [2.45, 2.75) is 45.3 Å². The van der Waals surface area contributed by atoms with Crippen LogP contribution in [0.3, 0.4) is 0 Å². The number of aromatic amines is 1. The molecule has 0 spiro atoms. The van der Waals surface area contributed by atoms with Gasteiger partial charge in [-0.2, -0.15) is 4.98 Å². The number of H-pyrrole nitrogens is 1. The van der Waals surface area contributed by atoms with Gasteiger partial charge in [-0.3, -0.25) is 0 Å². The van der Waals surface area contributed by atoms with Crippen LogP contribution in [-0.4, -0.2) is 45.8 Å². The fourth-order valence-electron chi connectivity index (χ4n) is 2.74. The zero-order chi connectivity index (χ0) is 16.4. The molecular weight excluding hydrogens is 294 g/mol. The molecule has 1 fully saturated rings. The minimum absolute atomic E-state index is 0.0260. The van der Waals surface area contributed by atoms with E-state index >= 15 is 0 Å². The van der Waals surface area contributed by atoms with Gasteiger partial charge in [0.05, 0.1) is 17.1 Å². The number of likely N-dealkylation sites (tertiary alicyclic amines) is 1. The van der Waals surface area contributed by atoms with E-state index in [0.29, 0.717) is 19.2 Å². The SMILES string of the molecule is CC(C)(C)OC(=O)N1CCCC1COc1nc2ccccc2[nH]1. The van der Waals surface area contributed by atoms with E-state index in [1.165, 1.54) is 0 Å². The number of hydrogen-bond donors (Lipinski definition) is 1. The molecule has 1 aromatic carbocycles. The predicted octanol–water partition coefficient (Wildman–Crippen LogP) is 3.34. The third kappa shape index (κ3) is 3.75. The van der Waals surface area contributed by atoms with E-state index in [-0.39, 0.29) is 12.1 Å². The number of carbonyl (C=O) groups is 1. The predicted molar refractivity (Wildman–Crippen MR) is 87.6 cm³/mol. The lowest BCUT2D eigenvalue weighted by molar-refractivity contribution is 0.0184. The second-order valence-corrected chi connectivity index (χ2v) is 6.84. The minimum atomic E-state index is -0.482. The first-order chi connectivity index (χ1) is 10.9. The quantitative estimate of drug-likeness (QED) is 0.943. The van der Waals surface area contributed by atoms with Crippen LogP contribution in [0.4, 0.5) is 4.79 Å². The zero-order valence-electron chi connectivity index (χ0n) is 13.8. The van der Waals surface area contributed by atoms with Gasteiger partial charge in [0.1, 0.15) is 12.2 Å². The molecule has 2 aromatic rings. The van der Waals surface area contributed by atoms with Crippen LogP contribution in [0.5, 0.6) is 6.01 Å². The summed E-state index contributed by atoms with van der Waals surface area (Å²) in [6, 6.07) is 8.29. The van der Waals surface area contributed by atoms with Crippen LogP contribution < -0.4 is 4.74 Å². The molecule has 6 heteroatoms. The van der Waals surface area contributed by atoms with E-state index in [2.05, 4.69) is 9.97 Å². The van der Waals surface area contributed by atoms with Crippen LogP contribution in [0.15, 0.2) is 24.3 Å².